The molecule has 7 rings (SSSR count). The van der Waals surface area contributed by atoms with Gasteiger partial charge in [-0.3, -0.25) is 14.5 Å². The van der Waals surface area contributed by atoms with Crippen LogP contribution in [0.15, 0.2) is 121 Å². The number of piperazine rings is 1. The number of hydrogen-bond donors (Lipinski definition) is 1. The molecular weight excluding hydrogens is 795 g/mol. The Morgan fingerprint density at radius 3 is 1.14 bits per heavy atom. The molecule has 2 aliphatic rings. The van der Waals surface area contributed by atoms with E-state index in [1.165, 1.54) is 50.9 Å². The molecule has 5 nitrogen and oxygen atoms in total. The Morgan fingerprint density at radius 2 is 0.846 bits per heavy atom. The molecule has 1 aliphatic carbocycles. The maximum absolute atomic E-state index is 12.5. The molecule has 0 atom stereocenters. The molecule has 0 unspecified atom stereocenters. The molecule has 352 valence electrons. The molecular formula is C60H85N3O2. The standard InChI is InChI=1S/C17H26N2O.C13H17NO.3C10H14/c1-4-9-18-10-12-19(13-11-18)17(20)16-7-5-15(6-8-16)14(2)3;1-9(2)10-3-5-11(6-4-10)13(15)14-12-7-8-12;3*1-8(2)10-6-4-5-9(3)7-10/h5-8,14H,4,9-13H2,1-3H3;3-6,9,12H,7-8H2,1-2H3,(H,14,15);3*4-8H,1-3H3. The molecule has 5 aromatic carbocycles. The normalized spacial score (nSPS) is 13.5. The average Bonchev–Trinajstić information content (AvgIpc) is 4.11. The number of aryl methyl sites for hydroxylation is 3. The van der Waals surface area contributed by atoms with Crippen molar-refractivity contribution in [1.29, 1.82) is 0 Å². The SMILES string of the molecule is CC(C)c1ccc(C(=O)NC2CC2)cc1.CCCN1CCN(C(=O)c2ccc(C(C)C)cc2)CC1.Cc1cccc(C(C)C)c1.Cc1cccc(C(C)C)c1.Cc1cccc(C(C)C)c1. The van der Waals surface area contributed by atoms with E-state index in [0.717, 1.165) is 56.7 Å². The van der Waals surface area contributed by atoms with Crippen molar-refractivity contribution in [3.05, 3.63) is 177 Å². The summed E-state index contributed by atoms with van der Waals surface area (Å²) in [6.07, 6.45) is 3.45. The van der Waals surface area contributed by atoms with Gasteiger partial charge in [-0.05, 0) is 128 Å². The molecule has 65 heavy (non-hydrogen) atoms. The van der Waals surface area contributed by atoms with Gasteiger partial charge in [0.2, 0.25) is 0 Å². The van der Waals surface area contributed by atoms with Gasteiger partial charge in [-0.1, -0.05) is 190 Å². The van der Waals surface area contributed by atoms with Crippen LogP contribution in [0.5, 0.6) is 0 Å². The van der Waals surface area contributed by atoms with E-state index >= 15 is 0 Å². The minimum Gasteiger partial charge on any atom is -0.349 e. The predicted octanol–water partition coefficient (Wildman–Crippen LogP) is 15.0. The van der Waals surface area contributed by atoms with E-state index in [4.69, 9.17) is 0 Å². The van der Waals surface area contributed by atoms with Gasteiger partial charge in [-0.15, -0.1) is 0 Å². The van der Waals surface area contributed by atoms with E-state index in [2.05, 4.69) is 192 Å². The number of carbonyl (C=O) groups excluding carboxylic acids is 2. The zero-order valence-electron chi connectivity index (χ0n) is 42.9. The van der Waals surface area contributed by atoms with Crippen LogP contribution in [-0.2, 0) is 0 Å². The summed E-state index contributed by atoms with van der Waals surface area (Å²) in [5.74, 6) is 3.23. The van der Waals surface area contributed by atoms with Crippen molar-refractivity contribution in [2.24, 2.45) is 0 Å². The summed E-state index contributed by atoms with van der Waals surface area (Å²) in [4.78, 5) is 28.5. The molecule has 0 radical (unpaired) electrons. The van der Waals surface area contributed by atoms with Crippen molar-refractivity contribution in [3.63, 3.8) is 0 Å². The number of nitrogens with zero attached hydrogens (tertiary/aromatic N) is 2. The molecule has 0 spiro atoms. The van der Waals surface area contributed by atoms with E-state index in [-0.39, 0.29) is 11.8 Å². The first kappa shape index (κ1) is 54.3. The van der Waals surface area contributed by atoms with Gasteiger partial charge in [0, 0.05) is 43.3 Å². The highest BCUT2D eigenvalue weighted by atomic mass is 16.2. The van der Waals surface area contributed by atoms with E-state index in [0.29, 0.717) is 35.6 Å². The molecule has 1 heterocycles. The summed E-state index contributed by atoms with van der Waals surface area (Å²) in [6, 6.07) is 42.4. The fourth-order valence-electron chi connectivity index (χ4n) is 7.29. The van der Waals surface area contributed by atoms with Gasteiger partial charge in [-0.25, -0.2) is 0 Å². The number of hydrogen-bond acceptors (Lipinski definition) is 3. The Labute approximate surface area is 396 Å². The van der Waals surface area contributed by atoms with Crippen molar-refractivity contribution in [2.75, 3.05) is 32.7 Å². The van der Waals surface area contributed by atoms with Crippen LogP contribution in [0.3, 0.4) is 0 Å². The zero-order chi connectivity index (χ0) is 48.1. The minimum atomic E-state index is 0.0628. The summed E-state index contributed by atoms with van der Waals surface area (Å²) in [6.45, 7) is 35.4. The van der Waals surface area contributed by atoms with Crippen LogP contribution in [0.1, 0.15) is 190 Å². The van der Waals surface area contributed by atoms with Crippen LogP contribution in [0.2, 0.25) is 0 Å². The highest BCUT2D eigenvalue weighted by molar-refractivity contribution is 5.95. The molecule has 1 saturated carbocycles. The second kappa shape index (κ2) is 28.1. The molecule has 1 N–H and O–H groups in total. The van der Waals surface area contributed by atoms with E-state index in [1.54, 1.807) is 0 Å². The maximum Gasteiger partial charge on any atom is 0.253 e. The zero-order valence-corrected chi connectivity index (χ0v) is 42.9. The molecule has 1 aliphatic heterocycles. The monoisotopic (exact) mass is 880 g/mol. The molecule has 5 aromatic rings. The highest BCUT2D eigenvalue weighted by Crippen LogP contribution is 2.21. The van der Waals surface area contributed by atoms with E-state index < -0.39 is 0 Å². The van der Waals surface area contributed by atoms with Crippen LogP contribution in [-0.4, -0.2) is 60.4 Å². The summed E-state index contributed by atoms with van der Waals surface area (Å²) < 4.78 is 0. The Hall–Kier alpha value is -5.00. The highest BCUT2D eigenvalue weighted by Gasteiger charge is 2.24. The summed E-state index contributed by atoms with van der Waals surface area (Å²) in [5.41, 5.74) is 12.5. The average molecular weight is 880 g/mol. The number of nitrogens with one attached hydrogen (secondary N) is 1. The van der Waals surface area contributed by atoms with Crippen molar-refractivity contribution in [2.45, 2.75) is 152 Å². The lowest BCUT2D eigenvalue weighted by molar-refractivity contribution is 0.0637. The lowest BCUT2D eigenvalue weighted by atomic mass is 10.0. The number of amides is 2. The number of benzene rings is 5. The van der Waals surface area contributed by atoms with E-state index in [9.17, 15) is 9.59 Å². The third-order valence-electron chi connectivity index (χ3n) is 11.9. The smallest absolute Gasteiger partial charge is 0.253 e. The van der Waals surface area contributed by atoms with Gasteiger partial charge >= 0.3 is 0 Å². The molecule has 1 saturated heterocycles. The first-order valence-corrected chi connectivity index (χ1v) is 24.6. The lowest BCUT2D eigenvalue weighted by Crippen LogP contribution is -2.48. The van der Waals surface area contributed by atoms with Crippen LogP contribution in [0.4, 0.5) is 0 Å². The predicted molar refractivity (Wildman–Crippen MR) is 280 cm³/mol. The largest absolute Gasteiger partial charge is 0.349 e. The Bertz CT molecular complexity index is 2000. The fraction of sp³-hybridized carbons (Fsp3) is 0.467. The van der Waals surface area contributed by atoms with Gasteiger partial charge in [-0.2, -0.15) is 0 Å². The van der Waals surface area contributed by atoms with Crippen molar-refractivity contribution in [1.82, 2.24) is 15.1 Å². The minimum absolute atomic E-state index is 0.0628. The quantitative estimate of drug-likeness (QED) is 0.152. The van der Waals surface area contributed by atoms with Crippen molar-refractivity contribution >= 4 is 11.8 Å². The third-order valence-corrected chi connectivity index (χ3v) is 11.9. The van der Waals surface area contributed by atoms with Crippen LogP contribution < -0.4 is 5.32 Å². The van der Waals surface area contributed by atoms with Gasteiger partial charge in [0.25, 0.3) is 11.8 Å². The van der Waals surface area contributed by atoms with Crippen molar-refractivity contribution < 1.29 is 9.59 Å². The lowest BCUT2D eigenvalue weighted by Gasteiger charge is -2.34. The summed E-state index contributed by atoms with van der Waals surface area (Å²) >= 11 is 0. The fourth-order valence-corrected chi connectivity index (χ4v) is 7.29. The van der Waals surface area contributed by atoms with Gasteiger partial charge in [0.1, 0.15) is 0 Å². The first-order valence-electron chi connectivity index (χ1n) is 24.6. The maximum atomic E-state index is 12.5. The second-order valence-corrected chi connectivity index (χ2v) is 19.6. The van der Waals surface area contributed by atoms with Gasteiger partial charge in [0.15, 0.2) is 0 Å². The van der Waals surface area contributed by atoms with Crippen LogP contribution in [0, 0.1) is 20.8 Å². The van der Waals surface area contributed by atoms with E-state index in [1.807, 2.05) is 41.3 Å². The molecule has 5 heteroatoms. The first-order chi connectivity index (χ1) is 30.9. The molecule has 2 amide bonds. The Balaban J connectivity index is 0.000000223. The van der Waals surface area contributed by atoms with Gasteiger partial charge in [0.05, 0.1) is 0 Å². The van der Waals surface area contributed by atoms with Crippen molar-refractivity contribution in [3.8, 4) is 0 Å². The Morgan fingerprint density at radius 1 is 0.492 bits per heavy atom. The van der Waals surface area contributed by atoms with Crippen LogP contribution in [0.25, 0.3) is 0 Å². The Kier molecular flexibility index (Phi) is 23.5. The summed E-state index contributed by atoms with van der Waals surface area (Å²) in [7, 11) is 0. The van der Waals surface area contributed by atoms with Gasteiger partial charge < -0.3 is 10.2 Å². The molecule has 0 bridgehead atoms. The molecule has 0 aromatic heterocycles. The third kappa shape index (κ3) is 20.4. The topological polar surface area (TPSA) is 52.7 Å². The summed E-state index contributed by atoms with van der Waals surface area (Å²) in [5, 5.41) is 2.98. The number of rotatable bonds is 10. The molecule has 2 fully saturated rings. The van der Waals surface area contributed by atoms with Crippen LogP contribution >= 0.6 is 0 Å². The number of carbonyl (C=O) groups is 2. The second-order valence-electron chi connectivity index (χ2n) is 19.6.